The van der Waals surface area contributed by atoms with Crippen molar-refractivity contribution >= 4 is 29.7 Å². The number of aromatic nitrogens is 2. The minimum Gasteiger partial charge on any atom is -0.298 e. The summed E-state index contributed by atoms with van der Waals surface area (Å²) >= 11 is 1.40. The predicted octanol–water partition coefficient (Wildman–Crippen LogP) is 3.08. The van der Waals surface area contributed by atoms with E-state index in [0.29, 0.717) is 16.4 Å². The number of carbonyl (C=O) groups excluding carboxylic acids is 1. The third-order valence-corrected chi connectivity index (χ3v) is 2.99. The topological polar surface area (TPSA) is 42.9 Å². The summed E-state index contributed by atoms with van der Waals surface area (Å²) < 4.78 is 12.8. The Balaban J connectivity index is 2.38. The average Bonchev–Trinajstić information content (AvgIpc) is 2.46. The molecular formula is C14H11FN2OS. The zero-order chi connectivity index (χ0) is 13.7. The molecule has 0 amide bonds. The van der Waals surface area contributed by atoms with Gasteiger partial charge in [0.15, 0.2) is 11.4 Å². The van der Waals surface area contributed by atoms with Gasteiger partial charge in [-0.2, -0.15) is 0 Å². The number of halogens is 1. The first-order chi connectivity index (χ1) is 9.22. The van der Waals surface area contributed by atoms with Crippen LogP contribution in [0.25, 0.3) is 11.6 Å². The molecule has 0 bridgehead atoms. The van der Waals surface area contributed by atoms with Gasteiger partial charge in [0.1, 0.15) is 5.82 Å². The van der Waals surface area contributed by atoms with Gasteiger partial charge in [-0.25, -0.2) is 14.4 Å². The monoisotopic (exact) mass is 274 g/mol. The van der Waals surface area contributed by atoms with E-state index in [9.17, 15) is 9.18 Å². The van der Waals surface area contributed by atoms with E-state index in [2.05, 4.69) is 9.97 Å². The third-order valence-electron chi connectivity index (χ3n) is 2.43. The summed E-state index contributed by atoms with van der Waals surface area (Å²) in [6.07, 6.45) is 5.87. The largest absolute Gasteiger partial charge is 0.298 e. The number of thioether (sulfide) groups is 1. The van der Waals surface area contributed by atoms with Crippen LogP contribution in [-0.2, 0) is 4.79 Å². The van der Waals surface area contributed by atoms with Crippen LogP contribution < -0.4 is 0 Å². The molecule has 5 heteroatoms. The summed E-state index contributed by atoms with van der Waals surface area (Å²) in [4.78, 5) is 19.5. The Hall–Kier alpha value is -2.01. The van der Waals surface area contributed by atoms with Crippen LogP contribution in [0.5, 0.6) is 0 Å². The van der Waals surface area contributed by atoms with Gasteiger partial charge in [-0.05, 0) is 36.1 Å². The molecule has 0 saturated heterocycles. The van der Waals surface area contributed by atoms with Crippen molar-refractivity contribution in [3.63, 3.8) is 0 Å². The number of hydrogen-bond donors (Lipinski definition) is 0. The standard InChI is InChI=1S/C14H11FN2OS/c1-19-14-16-7-6-13(17-14)11(9-18)8-10-2-4-12(15)5-3-10/h2-9H,1H3. The molecule has 1 aromatic heterocycles. The van der Waals surface area contributed by atoms with Gasteiger partial charge in [-0.1, -0.05) is 23.9 Å². The third kappa shape index (κ3) is 3.48. The van der Waals surface area contributed by atoms with E-state index in [1.54, 1.807) is 30.5 Å². The molecule has 2 aromatic rings. The van der Waals surface area contributed by atoms with Gasteiger partial charge in [-0.3, -0.25) is 4.79 Å². The predicted molar refractivity (Wildman–Crippen MR) is 74.1 cm³/mol. The number of nitrogens with zero attached hydrogens (tertiary/aromatic N) is 2. The number of carbonyl (C=O) groups is 1. The molecule has 2 rings (SSSR count). The first-order valence-electron chi connectivity index (χ1n) is 5.53. The maximum absolute atomic E-state index is 12.8. The minimum atomic E-state index is -0.309. The number of rotatable bonds is 4. The lowest BCUT2D eigenvalue weighted by Gasteiger charge is -2.01. The van der Waals surface area contributed by atoms with E-state index in [1.807, 2.05) is 6.26 Å². The molecule has 0 saturated carbocycles. The average molecular weight is 274 g/mol. The first kappa shape index (κ1) is 13.4. The second kappa shape index (κ2) is 6.24. The lowest BCUT2D eigenvalue weighted by atomic mass is 10.1. The van der Waals surface area contributed by atoms with Crippen LogP contribution in [0.3, 0.4) is 0 Å². The second-order valence-corrected chi connectivity index (χ2v) is 4.47. The van der Waals surface area contributed by atoms with Crippen LogP contribution in [0, 0.1) is 5.82 Å². The van der Waals surface area contributed by atoms with Gasteiger partial charge in [0.2, 0.25) is 0 Å². The molecular weight excluding hydrogens is 263 g/mol. The Morgan fingerprint density at radius 3 is 2.63 bits per heavy atom. The van der Waals surface area contributed by atoms with Crippen LogP contribution in [0.4, 0.5) is 4.39 Å². The first-order valence-corrected chi connectivity index (χ1v) is 6.75. The summed E-state index contributed by atoms with van der Waals surface area (Å²) in [5.41, 5.74) is 1.73. The lowest BCUT2D eigenvalue weighted by molar-refractivity contribution is -0.103. The Kier molecular flexibility index (Phi) is 4.41. The van der Waals surface area contributed by atoms with Crippen molar-refractivity contribution in [3.05, 3.63) is 53.6 Å². The highest BCUT2D eigenvalue weighted by molar-refractivity contribution is 7.98. The lowest BCUT2D eigenvalue weighted by Crippen LogP contribution is -1.94. The van der Waals surface area contributed by atoms with Crippen LogP contribution in [-0.4, -0.2) is 22.5 Å². The highest BCUT2D eigenvalue weighted by Crippen LogP contribution is 2.17. The Bertz CT molecular complexity index is 611. The van der Waals surface area contributed by atoms with E-state index in [0.717, 1.165) is 11.8 Å². The van der Waals surface area contributed by atoms with Crippen molar-refractivity contribution in [1.82, 2.24) is 9.97 Å². The molecule has 0 atom stereocenters. The fourth-order valence-electron chi connectivity index (χ4n) is 1.51. The highest BCUT2D eigenvalue weighted by atomic mass is 32.2. The molecule has 3 nitrogen and oxygen atoms in total. The van der Waals surface area contributed by atoms with Gasteiger partial charge in [0.05, 0.1) is 5.69 Å². The van der Waals surface area contributed by atoms with Gasteiger partial charge < -0.3 is 0 Å². The fourth-order valence-corrected chi connectivity index (χ4v) is 1.86. The fraction of sp³-hybridized carbons (Fsp3) is 0.0714. The molecule has 0 fully saturated rings. The minimum absolute atomic E-state index is 0.309. The second-order valence-electron chi connectivity index (χ2n) is 3.70. The summed E-state index contributed by atoms with van der Waals surface area (Å²) in [6.45, 7) is 0. The summed E-state index contributed by atoms with van der Waals surface area (Å²) in [6, 6.07) is 7.58. The highest BCUT2D eigenvalue weighted by Gasteiger charge is 2.04. The molecule has 0 aliphatic rings. The number of hydrogen-bond acceptors (Lipinski definition) is 4. The molecule has 0 aliphatic carbocycles. The molecule has 1 heterocycles. The maximum atomic E-state index is 12.8. The maximum Gasteiger partial charge on any atom is 0.187 e. The summed E-state index contributed by atoms with van der Waals surface area (Å²) in [5, 5.41) is 0.601. The van der Waals surface area contributed by atoms with E-state index in [1.165, 1.54) is 23.9 Å². The quantitative estimate of drug-likeness (QED) is 0.372. The van der Waals surface area contributed by atoms with Crippen LogP contribution >= 0.6 is 11.8 Å². The SMILES string of the molecule is CSc1nccc(C(C=O)=Cc2ccc(F)cc2)n1. The van der Waals surface area contributed by atoms with Crippen molar-refractivity contribution in [1.29, 1.82) is 0 Å². The van der Waals surface area contributed by atoms with Crippen molar-refractivity contribution in [2.75, 3.05) is 6.26 Å². The molecule has 0 unspecified atom stereocenters. The van der Waals surface area contributed by atoms with Crippen molar-refractivity contribution in [2.45, 2.75) is 5.16 Å². The molecule has 19 heavy (non-hydrogen) atoms. The Morgan fingerprint density at radius 2 is 2.00 bits per heavy atom. The summed E-state index contributed by atoms with van der Waals surface area (Å²) in [7, 11) is 0. The molecule has 0 radical (unpaired) electrons. The molecule has 0 spiro atoms. The summed E-state index contributed by atoms with van der Waals surface area (Å²) in [5.74, 6) is -0.309. The zero-order valence-electron chi connectivity index (χ0n) is 10.2. The van der Waals surface area contributed by atoms with Crippen molar-refractivity contribution < 1.29 is 9.18 Å². The van der Waals surface area contributed by atoms with E-state index in [4.69, 9.17) is 0 Å². The van der Waals surface area contributed by atoms with Crippen molar-refractivity contribution in [2.24, 2.45) is 0 Å². The van der Waals surface area contributed by atoms with E-state index < -0.39 is 0 Å². The van der Waals surface area contributed by atoms with Gasteiger partial charge in [-0.15, -0.1) is 0 Å². The van der Waals surface area contributed by atoms with E-state index in [-0.39, 0.29) is 5.82 Å². The van der Waals surface area contributed by atoms with Crippen molar-refractivity contribution in [3.8, 4) is 0 Å². The smallest absolute Gasteiger partial charge is 0.187 e. The van der Waals surface area contributed by atoms with E-state index >= 15 is 0 Å². The number of allylic oxidation sites excluding steroid dienone is 1. The van der Waals surface area contributed by atoms with Gasteiger partial charge in [0, 0.05) is 11.8 Å². The van der Waals surface area contributed by atoms with Crippen LogP contribution in [0.2, 0.25) is 0 Å². The van der Waals surface area contributed by atoms with Crippen LogP contribution in [0.1, 0.15) is 11.3 Å². The molecule has 96 valence electrons. The number of benzene rings is 1. The molecule has 1 aromatic carbocycles. The van der Waals surface area contributed by atoms with Gasteiger partial charge >= 0.3 is 0 Å². The zero-order valence-corrected chi connectivity index (χ0v) is 11.0. The Labute approximate surface area is 114 Å². The number of aldehydes is 1. The normalized spacial score (nSPS) is 11.4. The Morgan fingerprint density at radius 1 is 1.26 bits per heavy atom. The molecule has 0 aliphatic heterocycles. The van der Waals surface area contributed by atoms with Crippen LogP contribution in [0.15, 0.2) is 41.7 Å². The molecule has 0 N–H and O–H groups in total. The van der Waals surface area contributed by atoms with Gasteiger partial charge in [0.25, 0.3) is 0 Å².